The molecule has 9 nitrogen and oxygen atoms in total. The zero-order chi connectivity index (χ0) is 25.1. The van der Waals surface area contributed by atoms with Crippen LogP contribution in [0.3, 0.4) is 0 Å². The molecule has 0 bridgehead atoms. The zero-order valence-corrected chi connectivity index (χ0v) is 19.2. The maximum atomic E-state index is 13.1. The molecule has 3 N–H and O–H groups in total. The number of sulfone groups is 1. The SMILES string of the molecule is CC(C)C[C@H](C(=O)N1CCN(c2ccc(S(=O)(=O)C(F)(F)F)cc2)C[C@H]1C)[C@H](O)C(=O)NO. The number of piperazine rings is 1. The van der Waals surface area contributed by atoms with Gasteiger partial charge in [0.05, 0.1) is 10.8 Å². The van der Waals surface area contributed by atoms with Gasteiger partial charge in [-0.1, -0.05) is 13.8 Å². The number of nitrogens with one attached hydrogen (secondary N) is 1. The van der Waals surface area contributed by atoms with E-state index >= 15 is 0 Å². The number of alkyl halides is 3. The molecule has 1 aliphatic heterocycles. The summed E-state index contributed by atoms with van der Waals surface area (Å²) in [4.78, 5) is 27.3. The van der Waals surface area contributed by atoms with Gasteiger partial charge in [-0.15, -0.1) is 0 Å². The molecule has 1 heterocycles. The van der Waals surface area contributed by atoms with E-state index in [4.69, 9.17) is 5.21 Å². The number of hydroxylamine groups is 1. The minimum absolute atomic E-state index is 0.0109. The maximum Gasteiger partial charge on any atom is 0.501 e. The predicted octanol–water partition coefficient (Wildman–Crippen LogP) is 1.55. The lowest BCUT2D eigenvalue weighted by atomic mass is 9.89. The number of carbonyl (C=O) groups is 2. The highest BCUT2D eigenvalue weighted by Gasteiger charge is 2.47. The van der Waals surface area contributed by atoms with Crippen LogP contribution < -0.4 is 10.4 Å². The third-order valence-electron chi connectivity index (χ3n) is 5.53. The second kappa shape index (κ2) is 10.3. The topological polar surface area (TPSA) is 127 Å². The van der Waals surface area contributed by atoms with Crippen molar-refractivity contribution in [2.45, 2.75) is 49.7 Å². The molecule has 1 aromatic carbocycles. The third-order valence-corrected chi connectivity index (χ3v) is 7.03. The fourth-order valence-corrected chi connectivity index (χ4v) is 4.59. The van der Waals surface area contributed by atoms with Crippen molar-refractivity contribution in [3.05, 3.63) is 24.3 Å². The lowest BCUT2D eigenvalue weighted by Gasteiger charge is -2.42. The van der Waals surface area contributed by atoms with Crippen molar-refractivity contribution < 1.29 is 41.5 Å². The summed E-state index contributed by atoms with van der Waals surface area (Å²) in [6.07, 6.45) is -1.51. The van der Waals surface area contributed by atoms with Gasteiger partial charge >= 0.3 is 5.51 Å². The Morgan fingerprint density at radius 2 is 1.76 bits per heavy atom. The monoisotopic (exact) mass is 495 g/mol. The second-order valence-corrected chi connectivity index (χ2v) is 10.4. The van der Waals surface area contributed by atoms with Gasteiger partial charge in [0.25, 0.3) is 15.7 Å². The molecule has 1 aliphatic rings. The Kier molecular flexibility index (Phi) is 8.36. The van der Waals surface area contributed by atoms with Gasteiger partial charge in [0, 0.05) is 31.4 Å². The Hall–Kier alpha value is -2.38. The average Bonchev–Trinajstić information content (AvgIpc) is 2.75. The first-order valence-electron chi connectivity index (χ1n) is 10.3. The van der Waals surface area contributed by atoms with Crippen LogP contribution in [-0.4, -0.2) is 72.7 Å². The second-order valence-electron chi connectivity index (χ2n) is 8.43. The highest BCUT2D eigenvalue weighted by atomic mass is 32.2. The van der Waals surface area contributed by atoms with Crippen molar-refractivity contribution >= 4 is 27.3 Å². The largest absolute Gasteiger partial charge is 0.501 e. The molecular formula is C20H28F3N3O6S. The van der Waals surface area contributed by atoms with E-state index in [9.17, 15) is 36.3 Å². The summed E-state index contributed by atoms with van der Waals surface area (Å²) in [5.41, 5.74) is -3.54. The number of hydrogen-bond acceptors (Lipinski definition) is 7. The normalized spacial score (nSPS) is 19.4. The number of nitrogens with zero attached hydrogens (tertiary/aromatic N) is 2. The number of aliphatic hydroxyl groups is 1. The van der Waals surface area contributed by atoms with Crippen LogP contribution in [0.15, 0.2) is 29.2 Å². The molecule has 1 saturated heterocycles. The molecule has 0 aromatic heterocycles. The molecule has 0 unspecified atom stereocenters. The fraction of sp³-hybridized carbons (Fsp3) is 0.600. The molecule has 186 valence electrons. The van der Waals surface area contributed by atoms with E-state index < -0.39 is 44.1 Å². The van der Waals surface area contributed by atoms with E-state index in [2.05, 4.69) is 0 Å². The first-order valence-corrected chi connectivity index (χ1v) is 11.8. The van der Waals surface area contributed by atoms with Gasteiger partial charge in [0.15, 0.2) is 0 Å². The Morgan fingerprint density at radius 1 is 1.18 bits per heavy atom. The standard InChI is InChI=1S/C20H28F3N3O6S/c1-12(2)10-16(17(27)18(28)24-30)19(29)26-9-8-25(11-13(26)3)14-4-6-15(7-5-14)33(31,32)20(21,22)23/h4-7,12-13,16-17,27,30H,8-11H2,1-3H3,(H,24,28)/t13-,16+,17+/m1/s1. The van der Waals surface area contributed by atoms with Gasteiger partial charge in [-0.2, -0.15) is 13.2 Å². The van der Waals surface area contributed by atoms with Gasteiger partial charge in [0.2, 0.25) is 5.91 Å². The van der Waals surface area contributed by atoms with Crippen LogP contribution in [0.2, 0.25) is 0 Å². The van der Waals surface area contributed by atoms with Gasteiger partial charge in [-0.3, -0.25) is 14.8 Å². The van der Waals surface area contributed by atoms with Crippen LogP contribution in [0.4, 0.5) is 18.9 Å². The number of amides is 2. The highest BCUT2D eigenvalue weighted by molar-refractivity contribution is 7.92. The van der Waals surface area contributed by atoms with Crippen molar-refractivity contribution in [1.82, 2.24) is 10.4 Å². The Morgan fingerprint density at radius 3 is 2.21 bits per heavy atom. The third kappa shape index (κ3) is 5.95. The molecule has 0 spiro atoms. The molecule has 0 radical (unpaired) electrons. The van der Waals surface area contributed by atoms with Crippen molar-refractivity contribution in [1.29, 1.82) is 0 Å². The summed E-state index contributed by atoms with van der Waals surface area (Å²) >= 11 is 0. The molecule has 0 saturated carbocycles. The van der Waals surface area contributed by atoms with E-state index in [1.807, 2.05) is 13.8 Å². The van der Waals surface area contributed by atoms with Crippen molar-refractivity contribution in [3.63, 3.8) is 0 Å². The van der Waals surface area contributed by atoms with Crippen molar-refractivity contribution in [2.75, 3.05) is 24.5 Å². The quantitative estimate of drug-likeness (QED) is 0.387. The van der Waals surface area contributed by atoms with Crippen LogP contribution in [-0.2, 0) is 19.4 Å². The number of halogens is 3. The first-order chi connectivity index (χ1) is 15.2. The number of benzene rings is 1. The molecule has 1 aromatic rings. The molecule has 3 atom stereocenters. The minimum Gasteiger partial charge on any atom is -0.382 e. The lowest BCUT2D eigenvalue weighted by molar-refractivity contribution is -0.152. The van der Waals surface area contributed by atoms with Gasteiger partial charge in [-0.05, 0) is 43.5 Å². The molecule has 2 amide bonds. The molecule has 13 heteroatoms. The van der Waals surface area contributed by atoms with Crippen molar-refractivity contribution in [2.24, 2.45) is 11.8 Å². The van der Waals surface area contributed by atoms with Crippen LogP contribution >= 0.6 is 0 Å². The van der Waals surface area contributed by atoms with Gasteiger partial charge in [0.1, 0.15) is 6.10 Å². The van der Waals surface area contributed by atoms with E-state index in [0.717, 1.165) is 12.1 Å². The van der Waals surface area contributed by atoms with Gasteiger partial charge in [-0.25, -0.2) is 13.9 Å². The summed E-state index contributed by atoms with van der Waals surface area (Å²) in [5, 5.41) is 19.0. The summed E-state index contributed by atoms with van der Waals surface area (Å²) in [7, 11) is -5.44. The average molecular weight is 496 g/mol. The molecule has 33 heavy (non-hydrogen) atoms. The van der Waals surface area contributed by atoms with Crippen molar-refractivity contribution in [3.8, 4) is 0 Å². The van der Waals surface area contributed by atoms with E-state index in [1.165, 1.54) is 22.5 Å². The Labute approximate surface area is 190 Å². The van der Waals surface area contributed by atoms with E-state index in [1.54, 1.807) is 11.8 Å². The lowest BCUT2D eigenvalue weighted by Crippen LogP contribution is -2.57. The number of anilines is 1. The molecule has 2 rings (SSSR count). The van der Waals surface area contributed by atoms with E-state index in [0.29, 0.717) is 18.8 Å². The maximum absolute atomic E-state index is 13.1. The summed E-state index contributed by atoms with van der Waals surface area (Å²) < 4.78 is 61.2. The van der Waals surface area contributed by atoms with Crippen LogP contribution in [0, 0.1) is 11.8 Å². The fourth-order valence-electron chi connectivity index (χ4n) is 3.82. The number of hydrogen-bond donors (Lipinski definition) is 3. The van der Waals surface area contributed by atoms with Gasteiger partial charge < -0.3 is 14.9 Å². The summed E-state index contributed by atoms with van der Waals surface area (Å²) in [5.74, 6) is -2.59. The Bertz CT molecular complexity index is 953. The number of rotatable bonds is 7. The molecular weight excluding hydrogens is 467 g/mol. The zero-order valence-electron chi connectivity index (χ0n) is 18.4. The minimum atomic E-state index is -5.44. The number of aliphatic hydroxyl groups excluding tert-OH is 1. The molecule has 0 aliphatic carbocycles. The summed E-state index contributed by atoms with van der Waals surface area (Å²) in [6, 6.07) is 3.97. The molecule has 1 fully saturated rings. The smallest absolute Gasteiger partial charge is 0.382 e. The highest BCUT2D eigenvalue weighted by Crippen LogP contribution is 2.32. The number of carbonyl (C=O) groups excluding carboxylic acids is 2. The van der Waals surface area contributed by atoms with Crippen LogP contribution in [0.1, 0.15) is 27.2 Å². The van der Waals surface area contributed by atoms with E-state index in [-0.39, 0.29) is 24.9 Å². The predicted molar refractivity (Wildman–Crippen MR) is 112 cm³/mol. The Balaban J connectivity index is 2.15. The summed E-state index contributed by atoms with van der Waals surface area (Å²) in [6.45, 7) is 6.22. The van der Waals surface area contributed by atoms with Crippen LogP contribution in [0.25, 0.3) is 0 Å². The van der Waals surface area contributed by atoms with Crippen LogP contribution in [0.5, 0.6) is 0 Å². The first kappa shape index (κ1) is 26.9.